The molecule has 1 saturated heterocycles. The number of aliphatic carboxylic acids is 1. The monoisotopic (exact) mass is 297 g/mol. The molecule has 1 heterocycles. The van der Waals surface area contributed by atoms with Crippen molar-refractivity contribution < 1.29 is 14.6 Å². The Bertz CT molecular complexity index is 458. The fourth-order valence-electron chi connectivity index (χ4n) is 2.61. The molecular formula is C15H20ClNO3. The van der Waals surface area contributed by atoms with Crippen LogP contribution in [0.25, 0.3) is 0 Å². The Hall–Kier alpha value is -1.26. The van der Waals surface area contributed by atoms with E-state index in [9.17, 15) is 4.79 Å². The quantitative estimate of drug-likeness (QED) is 0.849. The SMILES string of the molecule is COc1ccccc1C(Cl)CN1CCC(C(=O)O)CC1. The molecule has 1 aliphatic rings. The van der Waals surface area contributed by atoms with E-state index in [2.05, 4.69) is 4.90 Å². The van der Waals surface area contributed by atoms with E-state index in [0.29, 0.717) is 19.4 Å². The molecule has 1 aliphatic heterocycles. The van der Waals surface area contributed by atoms with Crippen molar-refractivity contribution in [3.8, 4) is 5.75 Å². The average Bonchev–Trinajstić information content (AvgIpc) is 2.47. The Balaban J connectivity index is 1.92. The first-order chi connectivity index (χ1) is 9.61. The smallest absolute Gasteiger partial charge is 0.306 e. The van der Waals surface area contributed by atoms with E-state index in [4.69, 9.17) is 21.4 Å². The summed E-state index contributed by atoms with van der Waals surface area (Å²) in [6, 6.07) is 7.75. The minimum Gasteiger partial charge on any atom is -0.496 e. The van der Waals surface area contributed by atoms with Crippen LogP contribution in [0.2, 0.25) is 0 Å². The zero-order valence-corrected chi connectivity index (χ0v) is 12.3. The van der Waals surface area contributed by atoms with Gasteiger partial charge in [0, 0.05) is 12.1 Å². The van der Waals surface area contributed by atoms with Gasteiger partial charge in [0.15, 0.2) is 0 Å². The van der Waals surface area contributed by atoms with Crippen molar-refractivity contribution in [2.75, 3.05) is 26.7 Å². The summed E-state index contributed by atoms with van der Waals surface area (Å²) in [5, 5.41) is 8.85. The van der Waals surface area contributed by atoms with Crippen molar-refractivity contribution in [1.29, 1.82) is 0 Å². The lowest BCUT2D eigenvalue weighted by Gasteiger charge is -2.31. The highest BCUT2D eigenvalue weighted by atomic mass is 35.5. The van der Waals surface area contributed by atoms with Crippen LogP contribution in [0.4, 0.5) is 0 Å². The second-order valence-electron chi connectivity index (χ2n) is 5.12. The van der Waals surface area contributed by atoms with Gasteiger partial charge in [-0.3, -0.25) is 4.79 Å². The molecule has 1 aromatic rings. The summed E-state index contributed by atoms with van der Waals surface area (Å²) < 4.78 is 5.32. The number of carboxylic acid groups (broad SMARTS) is 1. The number of halogens is 1. The molecule has 0 bridgehead atoms. The van der Waals surface area contributed by atoms with Crippen molar-refractivity contribution in [1.82, 2.24) is 4.90 Å². The second kappa shape index (κ2) is 6.95. The molecule has 5 heteroatoms. The van der Waals surface area contributed by atoms with Crippen LogP contribution in [-0.4, -0.2) is 42.7 Å². The lowest BCUT2D eigenvalue weighted by Crippen LogP contribution is -2.37. The Morgan fingerprint density at radius 1 is 1.45 bits per heavy atom. The highest BCUT2D eigenvalue weighted by Gasteiger charge is 2.26. The maximum atomic E-state index is 10.9. The van der Waals surface area contributed by atoms with Crippen LogP contribution in [0, 0.1) is 5.92 Å². The summed E-state index contributed by atoms with van der Waals surface area (Å²) in [5.74, 6) is -0.0870. The number of rotatable bonds is 5. The first-order valence-electron chi connectivity index (χ1n) is 6.84. The number of ether oxygens (including phenoxy) is 1. The fraction of sp³-hybridized carbons (Fsp3) is 0.533. The average molecular weight is 298 g/mol. The molecule has 1 unspecified atom stereocenters. The lowest BCUT2D eigenvalue weighted by atomic mass is 9.97. The number of methoxy groups -OCH3 is 1. The van der Waals surface area contributed by atoms with E-state index >= 15 is 0 Å². The summed E-state index contributed by atoms with van der Waals surface area (Å²) in [7, 11) is 1.64. The van der Waals surface area contributed by atoms with E-state index in [-0.39, 0.29) is 11.3 Å². The first-order valence-corrected chi connectivity index (χ1v) is 7.27. The zero-order valence-electron chi connectivity index (χ0n) is 11.6. The minimum absolute atomic E-state index is 0.146. The van der Waals surface area contributed by atoms with Gasteiger partial charge in [-0.05, 0) is 32.0 Å². The molecule has 110 valence electrons. The van der Waals surface area contributed by atoms with Gasteiger partial charge in [-0.15, -0.1) is 11.6 Å². The van der Waals surface area contributed by atoms with Crippen LogP contribution in [-0.2, 0) is 4.79 Å². The number of hydrogen-bond donors (Lipinski definition) is 1. The minimum atomic E-state index is -0.684. The van der Waals surface area contributed by atoms with Crippen LogP contribution in [0.1, 0.15) is 23.8 Å². The maximum absolute atomic E-state index is 10.9. The van der Waals surface area contributed by atoms with Crippen molar-refractivity contribution in [2.24, 2.45) is 5.92 Å². The van der Waals surface area contributed by atoms with Gasteiger partial charge in [0.1, 0.15) is 5.75 Å². The van der Waals surface area contributed by atoms with Crippen molar-refractivity contribution >= 4 is 17.6 Å². The topological polar surface area (TPSA) is 49.8 Å². The Labute approximate surface area is 124 Å². The van der Waals surface area contributed by atoms with Crippen molar-refractivity contribution in [3.63, 3.8) is 0 Å². The number of piperidine rings is 1. The van der Waals surface area contributed by atoms with Gasteiger partial charge in [-0.25, -0.2) is 0 Å². The summed E-state index contributed by atoms with van der Waals surface area (Å²) in [4.78, 5) is 13.2. The van der Waals surface area contributed by atoms with Gasteiger partial charge in [0.05, 0.1) is 18.4 Å². The Kier molecular flexibility index (Phi) is 5.26. The number of carboxylic acids is 1. The molecule has 1 fully saturated rings. The lowest BCUT2D eigenvalue weighted by molar-refractivity contribution is -0.143. The van der Waals surface area contributed by atoms with Gasteiger partial charge in [-0.1, -0.05) is 18.2 Å². The van der Waals surface area contributed by atoms with Crippen LogP contribution in [0.5, 0.6) is 5.75 Å². The number of likely N-dealkylation sites (tertiary alicyclic amines) is 1. The predicted octanol–water partition coefficient (Wildman–Crippen LogP) is 2.77. The van der Waals surface area contributed by atoms with Gasteiger partial charge in [-0.2, -0.15) is 0 Å². The summed E-state index contributed by atoms with van der Waals surface area (Å²) in [6.45, 7) is 2.29. The van der Waals surface area contributed by atoms with E-state index in [0.717, 1.165) is 24.4 Å². The molecule has 0 spiro atoms. The Morgan fingerprint density at radius 3 is 2.70 bits per heavy atom. The largest absolute Gasteiger partial charge is 0.496 e. The molecule has 1 N–H and O–H groups in total. The standard InChI is InChI=1S/C15H20ClNO3/c1-20-14-5-3-2-4-12(14)13(16)10-17-8-6-11(7-9-17)15(18)19/h2-5,11,13H,6-10H2,1H3,(H,18,19). The molecular weight excluding hydrogens is 278 g/mol. The molecule has 0 aromatic heterocycles. The normalized spacial score (nSPS) is 18.7. The number of nitrogens with zero attached hydrogens (tertiary/aromatic N) is 1. The third-order valence-electron chi connectivity index (χ3n) is 3.83. The van der Waals surface area contributed by atoms with E-state index in [1.54, 1.807) is 7.11 Å². The van der Waals surface area contributed by atoms with Crippen molar-refractivity contribution in [3.05, 3.63) is 29.8 Å². The highest BCUT2D eigenvalue weighted by molar-refractivity contribution is 6.21. The second-order valence-corrected chi connectivity index (χ2v) is 5.65. The van der Waals surface area contributed by atoms with E-state index in [1.165, 1.54) is 0 Å². The predicted molar refractivity (Wildman–Crippen MR) is 78.4 cm³/mol. The summed E-state index contributed by atoms with van der Waals surface area (Å²) in [5.41, 5.74) is 0.983. The van der Waals surface area contributed by atoms with Crippen molar-refractivity contribution in [2.45, 2.75) is 18.2 Å². The van der Waals surface area contributed by atoms with Crippen LogP contribution >= 0.6 is 11.6 Å². The molecule has 4 nitrogen and oxygen atoms in total. The fourth-order valence-corrected chi connectivity index (χ4v) is 2.99. The molecule has 1 aromatic carbocycles. The molecule has 20 heavy (non-hydrogen) atoms. The van der Waals surface area contributed by atoms with Gasteiger partial charge >= 0.3 is 5.97 Å². The van der Waals surface area contributed by atoms with E-state index in [1.807, 2.05) is 24.3 Å². The van der Waals surface area contributed by atoms with Gasteiger partial charge in [0.2, 0.25) is 0 Å². The number of hydrogen-bond acceptors (Lipinski definition) is 3. The van der Waals surface area contributed by atoms with E-state index < -0.39 is 5.97 Å². The molecule has 2 rings (SSSR count). The van der Waals surface area contributed by atoms with Crippen LogP contribution in [0.15, 0.2) is 24.3 Å². The van der Waals surface area contributed by atoms with Gasteiger partial charge in [0.25, 0.3) is 0 Å². The van der Waals surface area contributed by atoms with Crippen LogP contribution in [0.3, 0.4) is 0 Å². The molecule has 1 atom stereocenters. The maximum Gasteiger partial charge on any atom is 0.306 e. The number of para-hydroxylation sites is 1. The number of alkyl halides is 1. The molecule has 0 radical (unpaired) electrons. The highest BCUT2D eigenvalue weighted by Crippen LogP contribution is 2.31. The number of benzene rings is 1. The number of carbonyl (C=O) groups is 1. The first kappa shape index (κ1) is 15.1. The van der Waals surface area contributed by atoms with Crippen LogP contribution < -0.4 is 4.74 Å². The zero-order chi connectivity index (χ0) is 14.5. The summed E-state index contributed by atoms with van der Waals surface area (Å²) >= 11 is 6.48. The third-order valence-corrected chi connectivity index (χ3v) is 4.20. The molecule has 0 saturated carbocycles. The Morgan fingerprint density at radius 2 is 2.10 bits per heavy atom. The molecule has 0 amide bonds. The van der Waals surface area contributed by atoms with Gasteiger partial charge < -0.3 is 14.7 Å². The summed E-state index contributed by atoms with van der Waals surface area (Å²) in [6.07, 6.45) is 1.40. The molecule has 0 aliphatic carbocycles. The third kappa shape index (κ3) is 3.64.